The predicted octanol–water partition coefficient (Wildman–Crippen LogP) is 3.32. The minimum Gasteiger partial charge on any atom is -0.506 e. The number of para-hydroxylation sites is 1. The van der Waals surface area contributed by atoms with E-state index >= 15 is 0 Å². The lowest BCUT2D eigenvalue weighted by Crippen LogP contribution is -2.10. The Morgan fingerprint density at radius 3 is 2.78 bits per heavy atom. The molecule has 0 radical (unpaired) electrons. The molecule has 112 valence electrons. The van der Waals surface area contributed by atoms with Crippen LogP contribution < -0.4 is 5.73 Å². The van der Waals surface area contributed by atoms with Crippen LogP contribution in [0.2, 0.25) is 0 Å². The fraction of sp³-hybridized carbons (Fsp3) is 0. The number of nitrogens with two attached hydrogens (primary N) is 1. The molecule has 5 nitrogen and oxygen atoms in total. The molecule has 0 aliphatic rings. The number of thiazole rings is 1. The predicted molar refractivity (Wildman–Crippen MR) is 90.5 cm³/mol. The summed E-state index contributed by atoms with van der Waals surface area (Å²) >= 11 is 1.39. The number of carbonyl (C=O) groups is 1. The smallest absolute Gasteiger partial charge is 0.248 e. The van der Waals surface area contributed by atoms with Crippen molar-refractivity contribution in [3.05, 3.63) is 54.2 Å². The molecule has 0 unspecified atom stereocenters. The number of nitrogens with zero attached hydrogens (tertiary/aromatic N) is 2. The highest BCUT2D eigenvalue weighted by molar-refractivity contribution is 7.21. The minimum absolute atomic E-state index is 0.0491. The van der Waals surface area contributed by atoms with E-state index in [1.807, 2.05) is 30.3 Å². The van der Waals surface area contributed by atoms with Gasteiger partial charge in [0.2, 0.25) is 5.91 Å². The summed E-state index contributed by atoms with van der Waals surface area (Å²) in [4.78, 5) is 20.3. The van der Waals surface area contributed by atoms with E-state index in [4.69, 9.17) is 5.73 Å². The van der Waals surface area contributed by atoms with E-state index in [-0.39, 0.29) is 11.3 Å². The molecule has 3 N–H and O–H groups in total. The van der Waals surface area contributed by atoms with E-state index in [9.17, 15) is 9.90 Å². The monoisotopic (exact) mass is 321 g/mol. The Kier molecular flexibility index (Phi) is 2.99. The highest BCUT2D eigenvalue weighted by atomic mass is 32.1. The third-order valence-electron chi connectivity index (χ3n) is 3.62. The van der Waals surface area contributed by atoms with Gasteiger partial charge in [-0.1, -0.05) is 18.2 Å². The largest absolute Gasteiger partial charge is 0.506 e. The first-order valence-electron chi connectivity index (χ1n) is 6.91. The van der Waals surface area contributed by atoms with Gasteiger partial charge in [-0.15, -0.1) is 11.3 Å². The van der Waals surface area contributed by atoms with E-state index in [0.29, 0.717) is 10.2 Å². The second-order valence-electron chi connectivity index (χ2n) is 5.11. The van der Waals surface area contributed by atoms with E-state index in [1.54, 1.807) is 12.3 Å². The molecule has 4 rings (SSSR count). The Balaban J connectivity index is 1.99. The van der Waals surface area contributed by atoms with Crippen molar-refractivity contribution in [2.24, 2.45) is 5.73 Å². The summed E-state index contributed by atoms with van der Waals surface area (Å²) in [5, 5.41) is 11.9. The Morgan fingerprint density at radius 1 is 1.13 bits per heavy atom. The summed E-state index contributed by atoms with van der Waals surface area (Å²) in [6.07, 6.45) is 1.74. The summed E-state index contributed by atoms with van der Waals surface area (Å²) < 4.78 is 0.710. The molecule has 0 saturated heterocycles. The third kappa shape index (κ3) is 2.20. The lowest BCUT2D eigenvalue weighted by Gasteiger charge is -2.01. The quantitative estimate of drug-likeness (QED) is 0.593. The van der Waals surface area contributed by atoms with Crippen LogP contribution in [0.3, 0.4) is 0 Å². The van der Waals surface area contributed by atoms with Crippen molar-refractivity contribution in [2.75, 3.05) is 0 Å². The van der Waals surface area contributed by atoms with E-state index in [0.717, 1.165) is 21.5 Å². The Hall–Kier alpha value is -2.99. The van der Waals surface area contributed by atoms with Crippen molar-refractivity contribution < 1.29 is 9.90 Å². The molecule has 2 aromatic carbocycles. The fourth-order valence-corrected chi connectivity index (χ4v) is 3.60. The molecule has 2 heterocycles. The molecule has 0 fully saturated rings. The van der Waals surface area contributed by atoms with E-state index < -0.39 is 5.91 Å². The van der Waals surface area contributed by atoms with Crippen LogP contribution >= 0.6 is 11.3 Å². The number of rotatable bonds is 2. The molecule has 0 atom stereocenters. The van der Waals surface area contributed by atoms with Crippen molar-refractivity contribution in [1.29, 1.82) is 0 Å². The fourth-order valence-electron chi connectivity index (χ4n) is 2.55. The van der Waals surface area contributed by atoms with Gasteiger partial charge in [0.1, 0.15) is 16.3 Å². The van der Waals surface area contributed by atoms with Gasteiger partial charge in [0.15, 0.2) is 0 Å². The third-order valence-corrected chi connectivity index (χ3v) is 4.66. The van der Waals surface area contributed by atoms with Crippen LogP contribution in [0.15, 0.2) is 48.7 Å². The zero-order chi connectivity index (χ0) is 16.0. The van der Waals surface area contributed by atoms with E-state index in [1.165, 1.54) is 17.4 Å². The molecule has 6 heteroatoms. The number of hydrogen-bond acceptors (Lipinski definition) is 5. The first-order chi connectivity index (χ1) is 11.1. The highest BCUT2D eigenvalue weighted by Crippen LogP contribution is 2.37. The van der Waals surface area contributed by atoms with Crippen molar-refractivity contribution in [3.63, 3.8) is 0 Å². The number of aromatic nitrogens is 2. The van der Waals surface area contributed by atoms with Gasteiger partial charge in [-0.2, -0.15) is 0 Å². The van der Waals surface area contributed by atoms with Crippen LogP contribution in [0.4, 0.5) is 0 Å². The standard InChI is InChI=1S/C17H11N3O2S/c18-16(22)10-7-12(21)15-13(8-10)23-17(20-15)11-5-1-3-9-4-2-6-19-14(9)11/h1-8,21H,(H2,18,22). The second kappa shape index (κ2) is 5.03. The second-order valence-corrected chi connectivity index (χ2v) is 6.14. The zero-order valence-electron chi connectivity index (χ0n) is 11.9. The summed E-state index contributed by atoms with van der Waals surface area (Å²) in [7, 11) is 0. The van der Waals surface area contributed by atoms with Gasteiger partial charge in [0.05, 0.1) is 10.2 Å². The molecule has 0 bridgehead atoms. The maximum Gasteiger partial charge on any atom is 0.248 e. The Bertz CT molecular complexity index is 1070. The number of amides is 1. The van der Waals surface area contributed by atoms with Gasteiger partial charge in [0.25, 0.3) is 0 Å². The zero-order valence-corrected chi connectivity index (χ0v) is 12.7. The maximum absolute atomic E-state index is 11.3. The number of aromatic hydroxyl groups is 1. The first kappa shape index (κ1) is 13.7. The summed E-state index contributed by atoms with van der Waals surface area (Å²) in [6, 6.07) is 12.7. The van der Waals surface area contributed by atoms with Crippen molar-refractivity contribution >= 4 is 38.4 Å². The molecule has 0 saturated carbocycles. The van der Waals surface area contributed by atoms with Gasteiger partial charge in [-0.05, 0) is 24.3 Å². The van der Waals surface area contributed by atoms with Crippen molar-refractivity contribution in [2.45, 2.75) is 0 Å². The highest BCUT2D eigenvalue weighted by Gasteiger charge is 2.15. The number of phenols is 1. The van der Waals surface area contributed by atoms with Crippen molar-refractivity contribution in [1.82, 2.24) is 9.97 Å². The Morgan fingerprint density at radius 2 is 1.96 bits per heavy atom. The Labute approximate surface area is 135 Å². The van der Waals surface area contributed by atoms with Crippen LogP contribution in [-0.2, 0) is 0 Å². The number of carbonyl (C=O) groups excluding carboxylic acids is 1. The molecule has 4 aromatic rings. The van der Waals surface area contributed by atoms with Gasteiger partial charge in [-0.3, -0.25) is 9.78 Å². The van der Waals surface area contributed by atoms with Crippen LogP contribution in [0.1, 0.15) is 10.4 Å². The normalized spacial score (nSPS) is 11.1. The number of pyridine rings is 1. The number of phenolic OH excluding ortho intramolecular Hbond substituents is 1. The summed E-state index contributed by atoms with van der Waals surface area (Å²) in [5.74, 6) is -0.629. The topological polar surface area (TPSA) is 89.1 Å². The molecule has 0 aliphatic heterocycles. The van der Waals surface area contributed by atoms with Crippen LogP contribution in [0.5, 0.6) is 5.75 Å². The lowest BCUT2D eigenvalue weighted by atomic mass is 10.1. The average Bonchev–Trinajstić information content (AvgIpc) is 2.98. The first-order valence-corrected chi connectivity index (χ1v) is 7.72. The molecule has 1 amide bonds. The molecule has 2 aromatic heterocycles. The molecule has 0 spiro atoms. The average molecular weight is 321 g/mol. The molecule has 0 aliphatic carbocycles. The SMILES string of the molecule is NC(=O)c1cc(O)c2nc(-c3cccc4cccnc34)sc2c1. The number of fused-ring (bicyclic) bond motifs is 2. The lowest BCUT2D eigenvalue weighted by molar-refractivity contribution is 0.1000. The number of hydrogen-bond donors (Lipinski definition) is 2. The van der Waals surface area contributed by atoms with Crippen LogP contribution in [0.25, 0.3) is 31.7 Å². The van der Waals surface area contributed by atoms with Crippen LogP contribution in [0, 0.1) is 0 Å². The summed E-state index contributed by atoms with van der Waals surface area (Å²) in [6.45, 7) is 0. The molecular weight excluding hydrogens is 310 g/mol. The number of primary amides is 1. The van der Waals surface area contributed by atoms with E-state index in [2.05, 4.69) is 9.97 Å². The maximum atomic E-state index is 11.3. The van der Waals surface area contributed by atoms with Gasteiger partial charge >= 0.3 is 0 Å². The minimum atomic E-state index is -0.580. The van der Waals surface area contributed by atoms with Crippen LogP contribution in [-0.4, -0.2) is 21.0 Å². The van der Waals surface area contributed by atoms with Gasteiger partial charge in [-0.25, -0.2) is 4.98 Å². The summed E-state index contributed by atoms with van der Waals surface area (Å²) in [5.41, 5.74) is 7.76. The molecular formula is C17H11N3O2S. The van der Waals surface area contributed by atoms with Crippen molar-refractivity contribution in [3.8, 4) is 16.3 Å². The van der Waals surface area contributed by atoms with Gasteiger partial charge < -0.3 is 10.8 Å². The number of benzene rings is 2. The van der Waals surface area contributed by atoms with Gasteiger partial charge in [0, 0.05) is 22.7 Å². The molecule has 23 heavy (non-hydrogen) atoms.